The number of nitriles is 1. The fourth-order valence-electron chi connectivity index (χ4n) is 3.59. The lowest BCUT2D eigenvalue weighted by molar-refractivity contribution is 0.109. The van der Waals surface area contributed by atoms with E-state index in [1.54, 1.807) is 0 Å². The standard InChI is InChI=1S/C16H30N4/c1-4-18-16(12-17,14-6-7-14)13-19(3)15-8-10-20(5-2)11-9-15/h14-15,18H,4-11,13H2,1-3H3. The van der Waals surface area contributed by atoms with Gasteiger partial charge in [-0.05, 0) is 64.8 Å². The maximum atomic E-state index is 9.70. The van der Waals surface area contributed by atoms with E-state index in [1.807, 2.05) is 0 Å². The number of rotatable bonds is 7. The summed E-state index contributed by atoms with van der Waals surface area (Å²) in [5.74, 6) is 0.561. The first-order valence-corrected chi connectivity index (χ1v) is 8.24. The van der Waals surface area contributed by atoms with Gasteiger partial charge in [0.25, 0.3) is 0 Å². The van der Waals surface area contributed by atoms with E-state index in [1.165, 1.54) is 38.8 Å². The van der Waals surface area contributed by atoms with Crippen molar-refractivity contribution in [3.8, 4) is 6.07 Å². The number of likely N-dealkylation sites (N-methyl/N-ethyl adjacent to an activating group) is 2. The maximum Gasteiger partial charge on any atom is 0.122 e. The van der Waals surface area contributed by atoms with Crippen molar-refractivity contribution in [2.45, 2.75) is 51.1 Å². The second kappa shape index (κ2) is 6.89. The molecule has 1 N–H and O–H groups in total. The van der Waals surface area contributed by atoms with Gasteiger partial charge in [0.2, 0.25) is 0 Å². The molecule has 0 bridgehead atoms. The molecule has 0 aromatic carbocycles. The van der Waals surface area contributed by atoms with Crippen LogP contribution in [0.2, 0.25) is 0 Å². The summed E-state index contributed by atoms with van der Waals surface area (Å²) < 4.78 is 0. The first-order chi connectivity index (χ1) is 9.65. The molecule has 1 aliphatic carbocycles. The van der Waals surface area contributed by atoms with Crippen molar-refractivity contribution >= 4 is 0 Å². The van der Waals surface area contributed by atoms with Crippen LogP contribution >= 0.6 is 0 Å². The van der Waals surface area contributed by atoms with Crippen molar-refractivity contribution < 1.29 is 0 Å². The minimum Gasteiger partial charge on any atom is -0.303 e. The summed E-state index contributed by atoms with van der Waals surface area (Å²) in [4.78, 5) is 4.96. The normalized spacial score (nSPS) is 24.6. The number of nitrogens with one attached hydrogen (secondary N) is 1. The average molecular weight is 278 g/mol. The van der Waals surface area contributed by atoms with Gasteiger partial charge >= 0.3 is 0 Å². The van der Waals surface area contributed by atoms with Crippen LogP contribution in [0.4, 0.5) is 0 Å². The molecule has 2 aliphatic rings. The number of nitrogens with zero attached hydrogens (tertiary/aromatic N) is 3. The Kier molecular flexibility index (Phi) is 5.42. The summed E-state index contributed by atoms with van der Waals surface area (Å²) in [6, 6.07) is 3.25. The highest BCUT2D eigenvalue weighted by Crippen LogP contribution is 2.40. The lowest BCUT2D eigenvalue weighted by atomic mass is 9.92. The quantitative estimate of drug-likeness (QED) is 0.769. The van der Waals surface area contributed by atoms with Crippen LogP contribution in [0.5, 0.6) is 0 Å². The lowest BCUT2D eigenvalue weighted by Gasteiger charge is -2.40. The molecule has 1 aliphatic heterocycles. The van der Waals surface area contributed by atoms with Crippen LogP contribution in [0.15, 0.2) is 0 Å². The van der Waals surface area contributed by atoms with Gasteiger partial charge in [-0.15, -0.1) is 0 Å². The molecular formula is C16H30N4. The van der Waals surface area contributed by atoms with E-state index in [0.29, 0.717) is 12.0 Å². The van der Waals surface area contributed by atoms with Crippen molar-refractivity contribution in [3.63, 3.8) is 0 Å². The highest BCUT2D eigenvalue weighted by Gasteiger charge is 2.46. The summed E-state index contributed by atoms with van der Waals surface area (Å²) in [7, 11) is 2.21. The minimum absolute atomic E-state index is 0.314. The van der Waals surface area contributed by atoms with Crippen LogP contribution in [0, 0.1) is 17.2 Å². The molecule has 1 saturated carbocycles. The SMILES string of the molecule is CCNC(C#N)(CN(C)C1CCN(CC)CC1)C1CC1. The van der Waals surface area contributed by atoms with Crippen molar-refractivity contribution in [2.75, 3.05) is 39.8 Å². The van der Waals surface area contributed by atoms with E-state index < -0.39 is 0 Å². The molecule has 20 heavy (non-hydrogen) atoms. The molecule has 2 fully saturated rings. The van der Waals surface area contributed by atoms with Gasteiger partial charge in [-0.25, -0.2) is 0 Å². The van der Waals surface area contributed by atoms with E-state index in [9.17, 15) is 5.26 Å². The zero-order chi connectivity index (χ0) is 14.6. The van der Waals surface area contributed by atoms with Crippen LogP contribution < -0.4 is 5.32 Å². The largest absolute Gasteiger partial charge is 0.303 e. The number of likely N-dealkylation sites (tertiary alicyclic amines) is 1. The van der Waals surface area contributed by atoms with Gasteiger partial charge in [-0.3, -0.25) is 5.32 Å². The summed E-state index contributed by atoms with van der Waals surface area (Å²) in [6.07, 6.45) is 4.90. The van der Waals surface area contributed by atoms with Crippen molar-refractivity contribution in [1.82, 2.24) is 15.1 Å². The zero-order valence-corrected chi connectivity index (χ0v) is 13.4. The van der Waals surface area contributed by atoms with Crippen LogP contribution in [-0.2, 0) is 0 Å². The van der Waals surface area contributed by atoms with Gasteiger partial charge in [0.15, 0.2) is 0 Å². The smallest absolute Gasteiger partial charge is 0.122 e. The van der Waals surface area contributed by atoms with Gasteiger partial charge < -0.3 is 9.80 Å². The second-order valence-corrected chi connectivity index (χ2v) is 6.47. The Morgan fingerprint density at radius 1 is 1.25 bits per heavy atom. The molecule has 0 aromatic rings. The molecule has 0 aromatic heterocycles. The lowest BCUT2D eigenvalue weighted by Crippen LogP contribution is -2.56. The molecule has 1 unspecified atom stereocenters. The fraction of sp³-hybridized carbons (Fsp3) is 0.938. The zero-order valence-electron chi connectivity index (χ0n) is 13.4. The summed E-state index contributed by atoms with van der Waals surface area (Å²) in [5, 5.41) is 13.2. The molecule has 4 heteroatoms. The van der Waals surface area contributed by atoms with Gasteiger partial charge in [-0.1, -0.05) is 13.8 Å². The summed E-state index contributed by atoms with van der Waals surface area (Å²) in [6.45, 7) is 9.67. The summed E-state index contributed by atoms with van der Waals surface area (Å²) >= 11 is 0. The second-order valence-electron chi connectivity index (χ2n) is 6.47. The van der Waals surface area contributed by atoms with E-state index in [0.717, 1.165) is 19.6 Å². The Morgan fingerprint density at radius 3 is 2.35 bits per heavy atom. The first kappa shape index (κ1) is 15.8. The predicted octanol–water partition coefficient (Wildman–Crippen LogP) is 1.68. The Bertz CT molecular complexity index is 339. The van der Waals surface area contributed by atoms with E-state index in [-0.39, 0.29) is 5.54 Å². The van der Waals surface area contributed by atoms with Gasteiger partial charge in [-0.2, -0.15) is 5.26 Å². The van der Waals surface area contributed by atoms with Crippen molar-refractivity contribution in [2.24, 2.45) is 5.92 Å². The highest BCUT2D eigenvalue weighted by molar-refractivity contribution is 5.16. The van der Waals surface area contributed by atoms with Crippen molar-refractivity contribution in [3.05, 3.63) is 0 Å². The molecule has 2 rings (SSSR count). The van der Waals surface area contributed by atoms with Gasteiger partial charge in [0, 0.05) is 12.6 Å². The third kappa shape index (κ3) is 3.52. The fourth-order valence-corrected chi connectivity index (χ4v) is 3.59. The molecule has 1 atom stereocenters. The monoisotopic (exact) mass is 278 g/mol. The van der Waals surface area contributed by atoms with E-state index in [2.05, 4.69) is 42.1 Å². The Morgan fingerprint density at radius 2 is 1.90 bits per heavy atom. The Hall–Kier alpha value is -0.630. The highest BCUT2D eigenvalue weighted by atomic mass is 15.2. The third-order valence-electron chi connectivity index (χ3n) is 5.09. The Balaban J connectivity index is 1.92. The first-order valence-electron chi connectivity index (χ1n) is 8.24. The molecule has 1 saturated heterocycles. The maximum absolute atomic E-state index is 9.70. The van der Waals surface area contributed by atoms with Gasteiger partial charge in [0.05, 0.1) is 6.07 Å². The average Bonchev–Trinajstić information content (AvgIpc) is 3.31. The molecule has 0 radical (unpaired) electrons. The van der Waals surface area contributed by atoms with Crippen molar-refractivity contribution in [1.29, 1.82) is 5.26 Å². The molecule has 0 amide bonds. The van der Waals surface area contributed by atoms with Crippen LogP contribution in [0.1, 0.15) is 39.5 Å². The van der Waals surface area contributed by atoms with Gasteiger partial charge in [0.1, 0.15) is 5.54 Å². The number of piperidine rings is 1. The number of hydrogen-bond acceptors (Lipinski definition) is 4. The van der Waals surface area contributed by atoms with Crippen LogP contribution in [0.3, 0.4) is 0 Å². The molecule has 4 nitrogen and oxygen atoms in total. The predicted molar refractivity (Wildman–Crippen MR) is 82.5 cm³/mol. The Labute approximate surface area is 124 Å². The van der Waals surface area contributed by atoms with E-state index in [4.69, 9.17) is 0 Å². The van der Waals surface area contributed by atoms with E-state index >= 15 is 0 Å². The number of hydrogen-bond donors (Lipinski definition) is 1. The molecule has 114 valence electrons. The van der Waals surface area contributed by atoms with Crippen LogP contribution in [0.25, 0.3) is 0 Å². The molecular weight excluding hydrogens is 248 g/mol. The molecule has 1 heterocycles. The minimum atomic E-state index is -0.314. The molecule has 0 spiro atoms. The topological polar surface area (TPSA) is 42.3 Å². The summed E-state index contributed by atoms with van der Waals surface area (Å²) in [5.41, 5.74) is -0.314. The third-order valence-corrected chi connectivity index (χ3v) is 5.09. The van der Waals surface area contributed by atoms with Crippen LogP contribution in [-0.4, -0.2) is 61.2 Å².